The Bertz CT molecular complexity index is 587. The molecule has 1 amide bonds. The van der Waals surface area contributed by atoms with Gasteiger partial charge in [0.1, 0.15) is 0 Å². The fraction of sp³-hybridized carbons (Fsp3) is 0.200. The van der Waals surface area contributed by atoms with E-state index in [4.69, 9.17) is 16.3 Å². The van der Waals surface area contributed by atoms with Crippen LogP contribution in [-0.4, -0.2) is 28.2 Å². The molecule has 0 atom stereocenters. The second-order valence-electron chi connectivity index (χ2n) is 3.34. The number of anilines is 1. The average molecular weight is 285 g/mol. The van der Waals surface area contributed by atoms with E-state index in [2.05, 4.69) is 20.5 Å². The molecule has 8 heteroatoms. The van der Waals surface area contributed by atoms with Gasteiger partial charge in [-0.1, -0.05) is 16.7 Å². The zero-order valence-electron chi connectivity index (χ0n) is 9.60. The van der Waals surface area contributed by atoms with Crippen LogP contribution in [0.1, 0.15) is 16.1 Å². The highest BCUT2D eigenvalue weighted by molar-refractivity contribution is 7.17. The number of aromatic nitrogens is 3. The molecule has 0 radical (unpaired) electrons. The zero-order chi connectivity index (χ0) is 13.1. The number of aryl methyl sites for hydroxylation is 1. The van der Waals surface area contributed by atoms with Crippen molar-refractivity contribution in [3.05, 3.63) is 28.5 Å². The standard InChI is InChI=1S/C10H9ClN4O2S/c1-5-3-7(11)6(4-12-5)8(16)13-9-14-15-10(17-2)18-9/h3-4H,1-2H3,(H,13,14,16). The number of carbonyl (C=O) groups is 1. The van der Waals surface area contributed by atoms with Crippen LogP contribution in [0.2, 0.25) is 5.02 Å². The van der Waals surface area contributed by atoms with Gasteiger partial charge in [-0.2, -0.15) is 0 Å². The van der Waals surface area contributed by atoms with Crippen LogP contribution < -0.4 is 10.1 Å². The van der Waals surface area contributed by atoms with Crippen LogP contribution in [0.25, 0.3) is 0 Å². The van der Waals surface area contributed by atoms with Crippen molar-refractivity contribution in [1.29, 1.82) is 0 Å². The molecule has 2 heterocycles. The summed E-state index contributed by atoms with van der Waals surface area (Å²) in [5.74, 6) is -0.383. The number of carbonyl (C=O) groups excluding carboxylic acids is 1. The van der Waals surface area contributed by atoms with Crippen LogP contribution in [0.3, 0.4) is 0 Å². The van der Waals surface area contributed by atoms with Crippen molar-refractivity contribution in [2.24, 2.45) is 0 Å². The van der Waals surface area contributed by atoms with Gasteiger partial charge in [0.15, 0.2) is 0 Å². The van der Waals surface area contributed by atoms with E-state index in [1.54, 1.807) is 13.0 Å². The minimum absolute atomic E-state index is 0.288. The second-order valence-corrected chi connectivity index (χ2v) is 4.68. The predicted molar refractivity (Wildman–Crippen MR) is 68.4 cm³/mol. The summed E-state index contributed by atoms with van der Waals surface area (Å²) in [5.41, 5.74) is 1.03. The first-order valence-corrected chi connectivity index (χ1v) is 6.10. The van der Waals surface area contributed by atoms with E-state index in [-0.39, 0.29) is 11.5 Å². The van der Waals surface area contributed by atoms with Gasteiger partial charge in [-0.25, -0.2) is 0 Å². The smallest absolute Gasteiger partial charge is 0.295 e. The zero-order valence-corrected chi connectivity index (χ0v) is 11.2. The van der Waals surface area contributed by atoms with E-state index < -0.39 is 0 Å². The molecule has 0 aromatic carbocycles. The molecule has 0 aliphatic carbocycles. The Hall–Kier alpha value is -1.73. The normalized spacial score (nSPS) is 10.2. The molecule has 0 aliphatic rings. The van der Waals surface area contributed by atoms with Crippen molar-refractivity contribution in [2.75, 3.05) is 12.4 Å². The van der Waals surface area contributed by atoms with Crippen LogP contribution in [0.5, 0.6) is 5.19 Å². The Balaban J connectivity index is 2.16. The first-order chi connectivity index (χ1) is 8.60. The summed E-state index contributed by atoms with van der Waals surface area (Å²) < 4.78 is 4.88. The number of hydrogen-bond acceptors (Lipinski definition) is 6. The van der Waals surface area contributed by atoms with Crippen molar-refractivity contribution in [3.63, 3.8) is 0 Å². The summed E-state index contributed by atoms with van der Waals surface area (Å²) in [4.78, 5) is 15.9. The monoisotopic (exact) mass is 284 g/mol. The molecule has 6 nitrogen and oxygen atoms in total. The van der Waals surface area contributed by atoms with Crippen LogP contribution in [0.4, 0.5) is 5.13 Å². The van der Waals surface area contributed by atoms with Gasteiger partial charge >= 0.3 is 0 Å². The molecule has 0 saturated carbocycles. The highest BCUT2D eigenvalue weighted by atomic mass is 35.5. The molecule has 2 aromatic heterocycles. The van der Waals surface area contributed by atoms with E-state index in [0.29, 0.717) is 15.3 Å². The second kappa shape index (κ2) is 5.28. The number of methoxy groups -OCH3 is 1. The van der Waals surface area contributed by atoms with E-state index in [9.17, 15) is 4.79 Å². The van der Waals surface area contributed by atoms with E-state index in [0.717, 1.165) is 17.0 Å². The lowest BCUT2D eigenvalue weighted by atomic mass is 10.2. The van der Waals surface area contributed by atoms with Gasteiger partial charge < -0.3 is 4.74 Å². The van der Waals surface area contributed by atoms with Gasteiger partial charge in [-0.3, -0.25) is 15.1 Å². The molecule has 0 saturated heterocycles. The highest BCUT2D eigenvalue weighted by Gasteiger charge is 2.14. The van der Waals surface area contributed by atoms with Gasteiger partial charge in [0.05, 0.1) is 17.7 Å². The Morgan fingerprint density at radius 2 is 2.28 bits per heavy atom. The van der Waals surface area contributed by atoms with Crippen molar-refractivity contribution < 1.29 is 9.53 Å². The van der Waals surface area contributed by atoms with Crippen molar-refractivity contribution in [1.82, 2.24) is 15.2 Å². The Morgan fingerprint density at radius 3 is 2.89 bits per heavy atom. The number of amides is 1. The van der Waals surface area contributed by atoms with Crippen molar-refractivity contribution >= 4 is 34.0 Å². The van der Waals surface area contributed by atoms with Gasteiger partial charge in [0, 0.05) is 11.9 Å². The lowest BCUT2D eigenvalue weighted by Gasteiger charge is -2.03. The molecule has 1 N–H and O–H groups in total. The minimum Gasteiger partial charge on any atom is -0.472 e. The maximum Gasteiger partial charge on any atom is 0.295 e. The summed E-state index contributed by atoms with van der Waals surface area (Å²) in [6.07, 6.45) is 1.42. The average Bonchev–Trinajstić information content (AvgIpc) is 2.76. The molecular formula is C10H9ClN4O2S. The van der Waals surface area contributed by atoms with Gasteiger partial charge in [0.25, 0.3) is 11.1 Å². The third kappa shape index (κ3) is 2.74. The predicted octanol–water partition coefficient (Wildman–Crippen LogP) is 2.16. The topological polar surface area (TPSA) is 77.0 Å². The van der Waals surface area contributed by atoms with Crippen LogP contribution in [0.15, 0.2) is 12.3 Å². The lowest BCUT2D eigenvalue weighted by Crippen LogP contribution is -2.12. The van der Waals surface area contributed by atoms with Gasteiger partial charge in [0.2, 0.25) is 5.13 Å². The summed E-state index contributed by atoms with van der Waals surface area (Å²) in [7, 11) is 1.48. The number of nitrogens with zero attached hydrogens (tertiary/aromatic N) is 3. The molecule has 0 bridgehead atoms. The third-order valence-corrected chi connectivity index (χ3v) is 3.15. The molecule has 18 heavy (non-hydrogen) atoms. The largest absolute Gasteiger partial charge is 0.472 e. The molecule has 0 fully saturated rings. The molecule has 2 aromatic rings. The minimum atomic E-state index is -0.383. The summed E-state index contributed by atoms with van der Waals surface area (Å²) in [6, 6.07) is 1.62. The van der Waals surface area contributed by atoms with Crippen molar-refractivity contribution in [2.45, 2.75) is 6.92 Å². The SMILES string of the molecule is COc1nnc(NC(=O)c2cnc(C)cc2Cl)s1. The first kappa shape index (κ1) is 12.7. The number of pyridine rings is 1. The van der Waals surface area contributed by atoms with Gasteiger partial charge in [-0.05, 0) is 24.3 Å². The summed E-state index contributed by atoms with van der Waals surface area (Å²) >= 11 is 7.09. The molecule has 0 unspecified atom stereocenters. The van der Waals surface area contributed by atoms with Crippen LogP contribution in [-0.2, 0) is 0 Å². The first-order valence-electron chi connectivity index (χ1n) is 4.91. The number of hydrogen-bond donors (Lipinski definition) is 1. The molecular weight excluding hydrogens is 276 g/mol. The van der Waals surface area contributed by atoms with Crippen LogP contribution >= 0.6 is 22.9 Å². The Morgan fingerprint density at radius 1 is 1.50 bits per heavy atom. The number of ether oxygens (including phenoxy) is 1. The Kier molecular flexibility index (Phi) is 3.73. The van der Waals surface area contributed by atoms with E-state index in [1.807, 2.05) is 0 Å². The summed E-state index contributed by atoms with van der Waals surface area (Å²) in [6.45, 7) is 1.79. The Labute approximate surface area is 112 Å². The fourth-order valence-electron chi connectivity index (χ4n) is 1.20. The highest BCUT2D eigenvalue weighted by Crippen LogP contribution is 2.23. The third-order valence-electron chi connectivity index (χ3n) is 2.04. The molecule has 0 aliphatic heterocycles. The summed E-state index contributed by atoms with van der Waals surface area (Å²) in [5, 5.41) is 11.1. The fourth-order valence-corrected chi connectivity index (χ4v) is 2.05. The number of nitrogens with one attached hydrogen (secondary N) is 1. The molecule has 2 rings (SSSR count). The van der Waals surface area contributed by atoms with Crippen molar-refractivity contribution in [3.8, 4) is 5.19 Å². The number of rotatable bonds is 3. The molecule has 0 spiro atoms. The number of halogens is 1. The quantitative estimate of drug-likeness (QED) is 0.934. The maximum absolute atomic E-state index is 11.9. The van der Waals surface area contributed by atoms with Gasteiger partial charge in [-0.15, -0.1) is 5.10 Å². The van der Waals surface area contributed by atoms with E-state index in [1.165, 1.54) is 13.3 Å². The molecule has 94 valence electrons. The maximum atomic E-state index is 11.9. The lowest BCUT2D eigenvalue weighted by molar-refractivity contribution is 0.102. The van der Waals surface area contributed by atoms with E-state index >= 15 is 0 Å². The van der Waals surface area contributed by atoms with Crippen LogP contribution in [0, 0.1) is 6.92 Å².